The first-order chi connectivity index (χ1) is 24.7. The van der Waals surface area contributed by atoms with Crippen molar-refractivity contribution in [3.8, 4) is 17.0 Å². The molecule has 6 amide bonds. The summed E-state index contributed by atoms with van der Waals surface area (Å²) in [6, 6.07) is 13.1. The quantitative estimate of drug-likeness (QED) is 0.269. The first kappa shape index (κ1) is 32.4. The number of carbonyl (C=O) groups is 5. The molecule has 4 N–H and O–H groups in total. The number of piperazine rings is 2. The van der Waals surface area contributed by atoms with Crippen LogP contribution in [-0.2, 0) is 9.59 Å². The number of hydrogen-bond donors (Lipinski definition) is 4. The number of fused-ring (bicyclic) bond motifs is 4. The number of anilines is 3. The molecule has 8 rings (SSSR count). The first-order valence-electron chi connectivity index (χ1n) is 17.3. The third-order valence-corrected chi connectivity index (χ3v) is 10.4. The Hall–Kier alpha value is -5.77. The van der Waals surface area contributed by atoms with E-state index in [9.17, 15) is 29.1 Å². The molecule has 51 heavy (non-hydrogen) atoms. The maximum Gasteiger partial charge on any atom is 0.320 e. The number of phenols is 1. The van der Waals surface area contributed by atoms with Crippen LogP contribution in [0.5, 0.6) is 5.75 Å². The van der Waals surface area contributed by atoms with Crippen LogP contribution in [0.2, 0.25) is 0 Å². The summed E-state index contributed by atoms with van der Waals surface area (Å²) in [4.78, 5) is 73.0. The monoisotopic (exact) mass is 694 g/mol. The summed E-state index contributed by atoms with van der Waals surface area (Å²) >= 11 is 0. The number of hydrogen-bond acceptors (Lipinski definition) is 12. The molecular weight excluding hydrogens is 656 g/mol. The summed E-state index contributed by atoms with van der Waals surface area (Å²) in [7, 11) is 0. The summed E-state index contributed by atoms with van der Waals surface area (Å²) in [6.45, 7) is 6.53. The second-order valence-electron chi connectivity index (χ2n) is 13.4. The fourth-order valence-electron chi connectivity index (χ4n) is 7.59. The van der Waals surface area contributed by atoms with Crippen molar-refractivity contribution >= 4 is 46.9 Å². The van der Waals surface area contributed by atoms with Crippen molar-refractivity contribution in [2.24, 2.45) is 0 Å². The molecule has 0 bridgehead atoms. The van der Waals surface area contributed by atoms with Crippen molar-refractivity contribution in [1.29, 1.82) is 0 Å². The third kappa shape index (κ3) is 6.05. The zero-order valence-electron chi connectivity index (χ0n) is 27.9. The lowest BCUT2D eigenvalue weighted by molar-refractivity contribution is -0.136. The number of amides is 6. The van der Waals surface area contributed by atoms with Crippen LogP contribution in [0, 0.1) is 0 Å². The van der Waals surface area contributed by atoms with Gasteiger partial charge in [-0.05, 0) is 42.8 Å². The zero-order chi connectivity index (χ0) is 35.2. The predicted molar refractivity (Wildman–Crippen MR) is 185 cm³/mol. The maximum absolute atomic E-state index is 13.6. The number of benzene rings is 2. The molecule has 2 atom stereocenters. The number of para-hydroxylation sites is 1. The zero-order valence-corrected chi connectivity index (χ0v) is 27.9. The minimum absolute atomic E-state index is 0.0460. The van der Waals surface area contributed by atoms with Gasteiger partial charge in [0.25, 0.3) is 11.8 Å². The SMILES string of the molecule is O=C1CCC(N2C(=O)c3ccc(NCCN4CCN(C(=O)N5CCN6c7cc(-c8ccccc8O)nnc7NC[C@H]6C5)CC4)cc3C2=O)C(=O)N1. The van der Waals surface area contributed by atoms with E-state index in [0.717, 1.165) is 30.2 Å². The van der Waals surface area contributed by atoms with Gasteiger partial charge in [-0.3, -0.25) is 34.3 Å². The third-order valence-electron chi connectivity index (χ3n) is 10.4. The van der Waals surface area contributed by atoms with Crippen molar-refractivity contribution < 1.29 is 29.1 Å². The van der Waals surface area contributed by atoms with Gasteiger partial charge in [0.1, 0.15) is 11.8 Å². The Labute approximate surface area is 293 Å². The largest absolute Gasteiger partial charge is 0.507 e. The number of imide groups is 2. The topological polar surface area (TPSA) is 184 Å². The van der Waals surface area contributed by atoms with Gasteiger partial charge in [-0.1, -0.05) is 12.1 Å². The molecule has 0 radical (unpaired) electrons. The maximum atomic E-state index is 13.6. The first-order valence-corrected chi connectivity index (χ1v) is 17.3. The van der Waals surface area contributed by atoms with Crippen LogP contribution in [0.4, 0.5) is 22.0 Å². The lowest BCUT2D eigenvalue weighted by Crippen LogP contribution is -2.62. The summed E-state index contributed by atoms with van der Waals surface area (Å²) in [5.74, 6) is -1.25. The Kier molecular flexibility index (Phi) is 8.37. The molecule has 2 aromatic carbocycles. The van der Waals surface area contributed by atoms with Crippen LogP contribution in [0.1, 0.15) is 33.6 Å². The minimum Gasteiger partial charge on any atom is -0.507 e. The lowest BCUT2D eigenvalue weighted by Gasteiger charge is -2.47. The molecule has 1 unspecified atom stereocenters. The second kappa shape index (κ2) is 13.2. The van der Waals surface area contributed by atoms with Crippen LogP contribution >= 0.6 is 0 Å². The van der Waals surface area contributed by atoms with Gasteiger partial charge in [0.15, 0.2) is 5.82 Å². The van der Waals surface area contributed by atoms with Gasteiger partial charge < -0.3 is 30.4 Å². The van der Waals surface area contributed by atoms with Gasteiger partial charge in [0.05, 0.1) is 28.6 Å². The van der Waals surface area contributed by atoms with E-state index >= 15 is 0 Å². The smallest absolute Gasteiger partial charge is 0.320 e. The Bertz CT molecular complexity index is 1930. The average Bonchev–Trinajstić information content (AvgIpc) is 3.39. The summed E-state index contributed by atoms with van der Waals surface area (Å²) < 4.78 is 0. The highest BCUT2D eigenvalue weighted by Gasteiger charge is 2.44. The molecule has 6 heterocycles. The highest BCUT2D eigenvalue weighted by atomic mass is 16.3. The number of carbonyl (C=O) groups excluding carboxylic acids is 5. The van der Waals surface area contributed by atoms with Crippen molar-refractivity contribution in [3.05, 3.63) is 59.7 Å². The molecule has 3 aromatic rings. The van der Waals surface area contributed by atoms with Gasteiger partial charge in [0.2, 0.25) is 11.8 Å². The molecule has 0 saturated carbocycles. The van der Waals surface area contributed by atoms with Crippen LogP contribution in [0.3, 0.4) is 0 Å². The normalized spacial score (nSPS) is 21.9. The molecule has 1 aromatic heterocycles. The van der Waals surface area contributed by atoms with Gasteiger partial charge in [0, 0.05) is 83.1 Å². The molecule has 16 heteroatoms. The van der Waals surface area contributed by atoms with Gasteiger partial charge in [-0.2, -0.15) is 0 Å². The van der Waals surface area contributed by atoms with E-state index in [1.165, 1.54) is 0 Å². The second-order valence-corrected chi connectivity index (χ2v) is 13.4. The molecule has 264 valence electrons. The van der Waals surface area contributed by atoms with Crippen LogP contribution in [0.25, 0.3) is 11.3 Å². The number of aromatic hydroxyl groups is 1. The van der Waals surface area contributed by atoms with E-state index in [-0.39, 0.29) is 41.8 Å². The number of nitrogens with one attached hydrogen (secondary N) is 3. The van der Waals surface area contributed by atoms with E-state index in [0.29, 0.717) is 68.6 Å². The van der Waals surface area contributed by atoms with Gasteiger partial charge >= 0.3 is 6.03 Å². The standard InChI is InChI=1S/C35H38N10O6/c46-29-4-2-1-3-24(29)26-18-28-31(40-39-26)37-19-22-20-43(15-16-44(22)28)35(51)42-13-11-41(12-14-42)10-9-36-21-5-6-23-25(17-21)34(50)45(33(23)49)27-7-8-30(47)38-32(27)48/h1-6,17-18,22,27,36,46H,7-16,19-20H2,(H,37,40)(H,38,47,48)/t22-,27?/m0/s1. The molecule has 16 nitrogen and oxygen atoms in total. The Morgan fingerprint density at radius 3 is 2.47 bits per heavy atom. The van der Waals surface area contributed by atoms with E-state index < -0.39 is 29.7 Å². The van der Waals surface area contributed by atoms with Crippen molar-refractivity contribution in [2.45, 2.75) is 24.9 Å². The molecule has 3 fully saturated rings. The van der Waals surface area contributed by atoms with Crippen molar-refractivity contribution in [3.63, 3.8) is 0 Å². The van der Waals surface area contributed by atoms with Crippen LogP contribution < -0.4 is 20.9 Å². The lowest BCUT2D eigenvalue weighted by atomic mass is 10.0. The van der Waals surface area contributed by atoms with Crippen molar-refractivity contribution in [2.75, 3.05) is 81.0 Å². The van der Waals surface area contributed by atoms with Crippen LogP contribution in [-0.4, -0.2) is 142 Å². The Balaban J connectivity index is 0.812. The molecule has 0 aliphatic carbocycles. The summed E-state index contributed by atoms with van der Waals surface area (Å²) in [6.07, 6.45) is 0.188. The number of piperidine rings is 1. The molecule has 0 spiro atoms. The van der Waals surface area contributed by atoms with Crippen LogP contribution in [0.15, 0.2) is 48.5 Å². The highest BCUT2D eigenvalue weighted by molar-refractivity contribution is 6.23. The number of urea groups is 1. The number of aromatic nitrogens is 2. The highest BCUT2D eigenvalue weighted by Crippen LogP contribution is 2.36. The predicted octanol–water partition coefficient (Wildman–Crippen LogP) is 1.02. The Morgan fingerprint density at radius 1 is 0.882 bits per heavy atom. The van der Waals surface area contributed by atoms with Gasteiger partial charge in [-0.25, -0.2) is 4.79 Å². The fourth-order valence-corrected chi connectivity index (χ4v) is 7.59. The number of nitrogens with zero attached hydrogens (tertiary/aromatic N) is 7. The molecule has 3 saturated heterocycles. The van der Waals surface area contributed by atoms with Crippen molar-refractivity contribution in [1.82, 2.24) is 35.1 Å². The summed E-state index contributed by atoms with van der Waals surface area (Å²) in [5, 5.41) is 27.9. The van der Waals surface area contributed by atoms with E-state index in [2.05, 4.69) is 35.9 Å². The number of rotatable bonds is 6. The van der Waals surface area contributed by atoms with E-state index in [1.54, 1.807) is 30.3 Å². The van der Waals surface area contributed by atoms with E-state index in [4.69, 9.17) is 0 Å². The molecule has 5 aliphatic rings. The molecule has 5 aliphatic heterocycles. The average molecular weight is 695 g/mol. The number of phenolic OH excluding ortho intramolecular Hbond substituents is 1. The van der Waals surface area contributed by atoms with E-state index in [1.807, 2.05) is 28.0 Å². The minimum atomic E-state index is -0.996. The summed E-state index contributed by atoms with van der Waals surface area (Å²) in [5.41, 5.74) is 3.31. The van der Waals surface area contributed by atoms with Gasteiger partial charge in [-0.15, -0.1) is 10.2 Å². The molecular formula is C35H38N10O6. The Morgan fingerprint density at radius 2 is 1.67 bits per heavy atom. The fraction of sp³-hybridized carbons (Fsp3) is 0.400.